The third kappa shape index (κ3) is 2.58. The minimum absolute atomic E-state index is 0.0584. The first-order valence-electron chi connectivity index (χ1n) is 7.39. The summed E-state index contributed by atoms with van der Waals surface area (Å²) in [6.07, 6.45) is 1.55. The van der Waals surface area contributed by atoms with Crippen molar-refractivity contribution < 1.29 is 0 Å². The van der Waals surface area contributed by atoms with Crippen molar-refractivity contribution in [3.05, 3.63) is 18.1 Å². The summed E-state index contributed by atoms with van der Waals surface area (Å²) in [7, 11) is 0. The molecule has 7 heteroatoms. The molecule has 0 unspecified atom stereocenters. The lowest BCUT2D eigenvalue weighted by atomic mass is 10.0. The first-order valence-corrected chi connectivity index (χ1v) is 7.39. The molecule has 2 aromatic rings. The van der Waals surface area contributed by atoms with E-state index in [0.29, 0.717) is 12.3 Å². The van der Waals surface area contributed by atoms with E-state index in [0.717, 1.165) is 37.7 Å². The maximum Gasteiger partial charge on any atom is 0.254 e. The molecule has 1 fully saturated rings. The fourth-order valence-electron chi connectivity index (χ4n) is 2.81. The highest BCUT2D eigenvalue weighted by molar-refractivity contribution is 5.47. The molecule has 0 amide bonds. The van der Waals surface area contributed by atoms with Gasteiger partial charge in [-0.25, -0.2) is 4.98 Å². The quantitative estimate of drug-likeness (QED) is 0.875. The van der Waals surface area contributed by atoms with Crippen LogP contribution < -0.4 is 10.6 Å². The molecule has 7 nitrogen and oxygen atoms in total. The average Bonchev–Trinajstić information content (AvgIpc) is 2.94. The number of nitrogens with two attached hydrogens (primary N) is 1. The number of anilines is 1. The zero-order valence-corrected chi connectivity index (χ0v) is 13.0. The monoisotopic (exact) mass is 289 g/mol. The molecule has 0 spiro atoms. The molecule has 0 aliphatic carbocycles. The van der Waals surface area contributed by atoms with Gasteiger partial charge in [-0.15, -0.1) is 0 Å². The van der Waals surface area contributed by atoms with Crippen molar-refractivity contribution in [3.8, 4) is 0 Å². The van der Waals surface area contributed by atoms with Gasteiger partial charge in [-0.2, -0.15) is 14.6 Å². The van der Waals surface area contributed by atoms with Crippen molar-refractivity contribution in [2.24, 2.45) is 5.73 Å². The van der Waals surface area contributed by atoms with E-state index in [9.17, 15) is 0 Å². The molecule has 0 bridgehead atoms. The number of fused-ring (bicyclic) bond motifs is 1. The smallest absolute Gasteiger partial charge is 0.254 e. The van der Waals surface area contributed by atoms with Crippen LogP contribution in [0.5, 0.6) is 0 Å². The highest BCUT2D eigenvalue weighted by atomic mass is 15.4. The van der Waals surface area contributed by atoms with Crippen LogP contribution >= 0.6 is 0 Å². The molecule has 2 N–H and O–H groups in total. The number of aryl methyl sites for hydroxylation is 1. The Morgan fingerprint density at radius 3 is 2.62 bits per heavy atom. The first-order chi connectivity index (χ1) is 10.0. The predicted octanol–water partition coefficient (Wildman–Crippen LogP) is 0.292. The lowest BCUT2D eigenvalue weighted by Gasteiger charge is -2.44. The van der Waals surface area contributed by atoms with E-state index in [-0.39, 0.29) is 5.54 Å². The van der Waals surface area contributed by atoms with Crippen molar-refractivity contribution in [1.29, 1.82) is 0 Å². The van der Waals surface area contributed by atoms with Gasteiger partial charge in [0.1, 0.15) is 12.1 Å². The maximum absolute atomic E-state index is 5.88. The minimum Gasteiger partial charge on any atom is -0.354 e. The second-order valence-electron chi connectivity index (χ2n) is 6.22. The molecule has 0 radical (unpaired) electrons. The molecule has 3 rings (SSSR count). The Kier molecular flexibility index (Phi) is 3.54. The van der Waals surface area contributed by atoms with Crippen LogP contribution in [-0.4, -0.2) is 62.7 Å². The zero-order chi connectivity index (χ0) is 15.0. The number of rotatable bonds is 3. The standard InChI is InChI=1S/C14H23N7/c1-11-8-12(21-13(18-11)16-10-17-21)19-4-6-20(7-5-19)14(2,3)9-15/h8,10H,4-7,9,15H2,1-3H3. The van der Waals surface area contributed by atoms with Crippen molar-refractivity contribution in [1.82, 2.24) is 24.5 Å². The van der Waals surface area contributed by atoms with E-state index in [2.05, 4.69) is 44.8 Å². The normalized spacial score (nSPS) is 17.6. The molecular weight excluding hydrogens is 266 g/mol. The van der Waals surface area contributed by atoms with Gasteiger partial charge in [-0.3, -0.25) is 4.90 Å². The summed E-state index contributed by atoms with van der Waals surface area (Å²) in [5.41, 5.74) is 6.90. The van der Waals surface area contributed by atoms with Crippen LogP contribution in [0, 0.1) is 6.92 Å². The Morgan fingerprint density at radius 2 is 1.95 bits per heavy atom. The van der Waals surface area contributed by atoms with E-state index in [1.807, 2.05) is 11.4 Å². The summed E-state index contributed by atoms with van der Waals surface area (Å²) in [5, 5.41) is 4.29. The maximum atomic E-state index is 5.88. The molecule has 0 atom stereocenters. The molecule has 1 aliphatic heterocycles. The molecule has 0 aromatic carbocycles. The van der Waals surface area contributed by atoms with Crippen molar-refractivity contribution in [2.45, 2.75) is 26.3 Å². The van der Waals surface area contributed by atoms with Gasteiger partial charge in [0.05, 0.1) is 0 Å². The summed E-state index contributed by atoms with van der Waals surface area (Å²) in [6, 6.07) is 2.07. The summed E-state index contributed by atoms with van der Waals surface area (Å²) >= 11 is 0. The predicted molar refractivity (Wildman–Crippen MR) is 82.4 cm³/mol. The van der Waals surface area contributed by atoms with E-state index < -0.39 is 0 Å². The third-order valence-electron chi connectivity index (χ3n) is 4.32. The largest absolute Gasteiger partial charge is 0.354 e. The molecule has 2 aromatic heterocycles. The van der Waals surface area contributed by atoms with Crippen LogP contribution in [0.1, 0.15) is 19.5 Å². The number of aromatic nitrogens is 4. The Labute approximate surface area is 124 Å². The molecule has 0 saturated carbocycles. The summed E-state index contributed by atoms with van der Waals surface area (Å²) in [5.74, 6) is 1.73. The Morgan fingerprint density at radius 1 is 1.24 bits per heavy atom. The number of nitrogens with zero attached hydrogens (tertiary/aromatic N) is 6. The Hall–Kier alpha value is -1.73. The van der Waals surface area contributed by atoms with E-state index in [1.165, 1.54) is 0 Å². The second-order valence-corrected chi connectivity index (χ2v) is 6.22. The summed E-state index contributed by atoms with van der Waals surface area (Å²) in [6.45, 7) is 11.0. The second kappa shape index (κ2) is 5.23. The third-order valence-corrected chi connectivity index (χ3v) is 4.32. The fraction of sp³-hybridized carbons (Fsp3) is 0.643. The van der Waals surface area contributed by atoms with Gasteiger partial charge in [0, 0.05) is 50.0 Å². The molecule has 114 valence electrons. The highest BCUT2D eigenvalue weighted by Gasteiger charge is 2.29. The van der Waals surface area contributed by atoms with Crippen LogP contribution in [0.25, 0.3) is 5.78 Å². The van der Waals surface area contributed by atoms with Crippen LogP contribution in [0.3, 0.4) is 0 Å². The molecular formula is C14H23N7. The highest BCUT2D eigenvalue weighted by Crippen LogP contribution is 2.21. The average molecular weight is 289 g/mol. The summed E-state index contributed by atoms with van der Waals surface area (Å²) in [4.78, 5) is 13.4. The molecule has 21 heavy (non-hydrogen) atoms. The van der Waals surface area contributed by atoms with Crippen LogP contribution in [0.2, 0.25) is 0 Å². The molecule has 1 saturated heterocycles. The number of piperazine rings is 1. The van der Waals surface area contributed by atoms with Crippen molar-refractivity contribution in [2.75, 3.05) is 37.6 Å². The number of hydrogen-bond donors (Lipinski definition) is 1. The van der Waals surface area contributed by atoms with Crippen LogP contribution in [0.4, 0.5) is 5.82 Å². The zero-order valence-electron chi connectivity index (χ0n) is 13.0. The van der Waals surface area contributed by atoms with E-state index >= 15 is 0 Å². The Bertz CT molecular complexity index is 625. The van der Waals surface area contributed by atoms with Gasteiger partial charge >= 0.3 is 0 Å². The van der Waals surface area contributed by atoms with Gasteiger partial charge in [0.25, 0.3) is 5.78 Å². The van der Waals surface area contributed by atoms with Gasteiger partial charge in [-0.1, -0.05) is 0 Å². The van der Waals surface area contributed by atoms with Crippen LogP contribution in [0.15, 0.2) is 12.4 Å². The minimum atomic E-state index is 0.0584. The first kappa shape index (κ1) is 14.2. The van der Waals surface area contributed by atoms with E-state index in [1.54, 1.807) is 6.33 Å². The molecule has 1 aliphatic rings. The van der Waals surface area contributed by atoms with Crippen molar-refractivity contribution in [3.63, 3.8) is 0 Å². The van der Waals surface area contributed by atoms with Gasteiger partial charge in [-0.05, 0) is 20.8 Å². The van der Waals surface area contributed by atoms with Gasteiger partial charge in [0.15, 0.2) is 0 Å². The van der Waals surface area contributed by atoms with Crippen LogP contribution in [-0.2, 0) is 0 Å². The number of hydrogen-bond acceptors (Lipinski definition) is 6. The Balaban J connectivity index is 1.81. The summed E-state index contributed by atoms with van der Waals surface area (Å²) < 4.78 is 1.82. The SMILES string of the molecule is Cc1cc(N2CCN(C(C)(C)CN)CC2)n2ncnc2n1. The van der Waals surface area contributed by atoms with Crippen molar-refractivity contribution >= 4 is 11.6 Å². The topological polar surface area (TPSA) is 75.6 Å². The lowest BCUT2D eigenvalue weighted by Crippen LogP contribution is -2.57. The van der Waals surface area contributed by atoms with Gasteiger partial charge in [0.2, 0.25) is 0 Å². The van der Waals surface area contributed by atoms with E-state index in [4.69, 9.17) is 5.73 Å². The lowest BCUT2D eigenvalue weighted by molar-refractivity contribution is 0.119. The fourth-order valence-corrected chi connectivity index (χ4v) is 2.81. The molecule has 3 heterocycles. The van der Waals surface area contributed by atoms with Gasteiger partial charge < -0.3 is 10.6 Å².